The van der Waals surface area contributed by atoms with Gasteiger partial charge in [-0.25, -0.2) is 0 Å². The fraction of sp³-hybridized carbons (Fsp3) is 0. The maximum Gasteiger partial charge on any atom is 0.136 e. The second kappa shape index (κ2) is 12.1. The van der Waals surface area contributed by atoms with Gasteiger partial charge in [-0.3, -0.25) is 4.98 Å². The van der Waals surface area contributed by atoms with Gasteiger partial charge in [0.1, 0.15) is 11.2 Å². The summed E-state index contributed by atoms with van der Waals surface area (Å²) in [5.74, 6) is 0. The van der Waals surface area contributed by atoms with Crippen molar-refractivity contribution in [2.45, 2.75) is 0 Å². The number of aromatic nitrogens is 1. The number of benzene rings is 7. The lowest BCUT2D eigenvalue weighted by Crippen LogP contribution is -2.09. The Morgan fingerprint density at radius 2 is 0.980 bits per heavy atom. The molecule has 3 aromatic heterocycles. The number of thiophene rings is 1. The zero-order valence-electron chi connectivity index (χ0n) is 27.5. The van der Waals surface area contributed by atoms with Crippen molar-refractivity contribution in [3.05, 3.63) is 182 Å². The van der Waals surface area contributed by atoms with Crippen molar-refractivity contribution in [3.63, 3.8) is 0 Å². The zero-order chi connectivity index (χ0) is 33.7. The number of pyridine rings is 1. The molecule has 0 spiro atoms. The predicted molar refractivity (Wildman–Crippen MR) is 215 cm³/mol. The number of hydrogen-bond acceptors (Lipinski definition) is 4. The van der Waals surface area contributed by atoms with E-state index in [0.717, 1.165) is 55.8 Å². The van der Waals surface area contributed by atoms with Crippen LogP contribution >= 0.6 is 11.3 Å². The molecule has 0 aliphatic rings. The third-order valence-corrected chi connectivity index (χ3v) is 10.9. The molecule has 0 atom stereocenters. The van der Waals surface area contributed by atoms with Gasteiger partial charge in [0.2, 0.25) is 0 Å². The molecule has 0 aliphatic heterocycles. The number of nitrogens with zero attached hydrogens (tertiary/aromatic N) is 2. The number of para-hydroxylation sites is 1. The maximum absolute atomic E-state index is 6.24. The Bertz CT molecular complexity index is 2750. The summed E-state index contributed by atoms with van der Waals surface area (Å²) in [4.78, 5) is 6.92. The van der Waals surface area contributed by atoms with E-state index in [0.29, 0.717) is 0 Å². The minimum absolute atomic E-state index is 0.911. The van der Waals surface area contributed by atoms with E-state index in [1.807, 2.05) is 47.9 Å². The quantitative estimate of drug-likeness (QED) is 0.176. The van der Waals surface area contributed by atoms with Gasteiger partial charge in [0.25, 0.3) is 0 Å². The molecule has 0 amide bonds. The number of rotatable bonds is 6. The lowest BCUT2D eigenvalue weighted by atomic mass is 10.0. The molecule has 10 aromatic rings. The van der Waals surface area contributed by atoms with Gasteiger partial charge in [-0.05, 0) is 107 Å². The second-order valence-corrected chi connectivity index (χ2v) is 13.9. The standard InChI is InChI=1S/C47H30N2OS/c1-2-8-31(9-3-1)32-13-19-36(20-14-32)49(37-21-15-33(16-22-37)43-11-6-7-27-48-43)38-23-26-47-42(30-38)41-28-34(18-25-46(41)51-47)35-17-24-40-39-10-4-5-12-44(39)50-45(40)29-35/h1-30H. The van der Waals surface area contributed by atoms with Gasteiger partial charge in [0, 0.05) is 59.8 Å². The van der Waals surface area contributed by atoms with E-state index in [1.165, 1.54) is 36.9 Å². The highest BCUT2D eigenvalue weighted by molar-refractivity contribution is 7.25. The van der Waals surface area contributed by atoms with E-state index in [1.54, 1.807) is 0 Å². The summed E-state index contributed by atoms with van der Waals surface area (Å²) in [6.07, 6.45) is 1.84. The molecular weight excluding hydrogens is 641 g/mol. The Morgan fingerprint density at radius 1 is 0.392 bits per heavy atom. The molecule has 0 radical (unpaired) electrons. The monoisotopic (exact) mass is 670 g/mol. The van der Waals surface area contributed by atoms with Crippen LogP contribution in [0.2, 0.25) is 0 Å². The number of hydrogen-bond donors (Lipinski definition) is 0. The summed E-state index contributed by atoms with van der Waals surface area (Å²) in [5.41, 5.74) is 11.9. The molecule has 0 saturated heterocycles. The summed E-state index contributed by atoms with van der Waals surface area (Å²) < 4.78 is 8.78. The molecule has 0 unspecified atom stereocenters. The second-order valence-electron chi connectivity index (χ2n) is 12.8. The highest BCUT2D eigenvalue weighted by atomic mass is 32.1. The number of furan rings is 1. The minimum atomic E-state index is 0.911. The first kappa shape index (κ1) is 29.4. The summed E-state index contributed by atoms with van der Waals surface area (Å²) in [6.45, 7) is 0. The first-order valence-electron chi connectivity index (χ1n) is 17.1. The van der Waals surface area contributed by atoms with Crippen molar-refractivity contribution < 1.29 is 4.42 Å². The molecule has 10 rings (SSSR count). The minimum Gasteiger partial charge on any atom is -0.456 e. The fourth-order valence-electron chi connectivity index (χ4n) is 7.19. The van der Waals surface area contributed by atoms with Crippen molar-refractivity contribution in [2.24, 2.45) is 0 Å². The summed E-state index contributed by atoms with van der Waals surface area (Å²) >= 11 is 1.84. The molecule has 51 heavy (non-hydrogen) atoms. The molecule has 7 aromatic carbocycles. The van der Waals surface area contributed by atoms with Crippen LogP contribution in [0.5, 0.6) is 0 Å². The van der Waals surface area contributed by atoms with Gasteiger partial charge >= 0.3 is 0 Å². The highest BCUT2D eigenvalue weighted by Gasteiger charge is 2.17. The van der Waals surface area contributed by atoms with Crippen LogP contribution in [0.4, 0.5) is 17.1 Å². The van der Waals surface area contributed by atoms with E-state index in [9.17, 15) is 0 Å². The van der Waals surface area contributed by atoms with Crippen molar-refractivity contribution >= 4 is 70.5 Å². The van der Waals surface area contributed by atoms with Gasteiger partial charge in [0.05, 0.1) is 5.69 Å². The Balaban J connectivity index is 1.08. The Hall–Kier alpha value is -6.49. The van der Waals surface area contributed by atoms with Crippen LogP contribution in [-0.2, 0) is 0 Å². The Morgan fingerprint density at radius 3 is 1.76 bits per heavy atom. The third-order valence-electron chi connectivity index (χ3n) is 9.74. The van der Waals surface area contributed by atoms with Crippen molar-refractivity contribution in [1.82, 2.24) is 4.98 Å². The van der Waals surface area contributed by atoms with E-state index in [4.69, 9.17) is 4.42 Å². The number of anilines is 3. The summed E-state index contributed by atoms with van der Waals surface area (Å²) in [6, 6.07) is 62.6. The first-order valence-corrected chi connectivity index (χ1v) is 17.9. The van der Waals surface area contributed by atoms with Crippen molar-refractivity contribution in [1.29, 1.82) is 0 Å². The van der Waals surface area contributed by atoms with Crippen LogP contribution in [0.25, 0.3) is 75.6 Å². The smallest absolute Gasteiger partial charge is 0.136 e. The molecule has 0 aliphatic carbocycles. The van der Waals surface area contributed by atoms with Gasteiger partial charge < -0.3 is 9.32 Å². The Kier molecular flexibility index (Phi) is 7.00. The van der Waals surface area contributed by atoms with E-state index in [-0.39, 0.29) is 0 Å². The zero-order valence-corrected chi connectivity index (χ0v) is 28.3. The molecule has 0 bridgehead atoms. The molecule has 3 heterocycles. The lowest BCUT2D eigenvalue weighted by Gasteiger charge is -2.26. The normalized spacial score (nSPS) is 11.5. The first-order chi connectivity index (χ1) is 25.2. The molecular formula is C47H30N2OS. The predicted octanol–water partition coefficient (Wildman–Crippen LogP) is 13.8. The highest BCUT2D eigenvalue weighted by Crippen LogP contribution is 2.43. The van der Waals surface area contributed by atoms with Gasteiger partial charge in [0.15, 0.2) is 0 Å². The maximum atomic E-state index is 6.24. The van der Waals surface area contributed by atoms with Crippen LogP contribution in [0, 0.1) is 0 Å². The molecule has 0 saturated carbocycles. The molecule has 0 N–H and O–H groups in total. The molecule has 3 nitrogen and oxygen atoms in total. The third kappa shape index (κ3) is 5.25. The Labute approximate surface area is 299 Å². The molecule has 0 fully saturated rings. The average Bonchev–Trinajstić information content (AvgIpc) is 3.76. The SMILES string of the molecule is c1ccc(-c2ccc(N(c3ccc(-c4ccccn4)cc3)c3ccc4sc5ccc(-c6ccc7c(c6)oc6ccccc67)cc5c4c3)cc2)cc1. The van der Waals surface area contributed by atoms with Crippen LogP contribution in [0.15, 0.2) is 187 Å². The molecule has 240 valence electrons. The van der Waals surface area contributed by atoms with Gasteiger partial charge in [-0.2, -0.15) is 0 Å². The fourth-order valence-corrected chi connectivity index (χ4v) is 8.25. The van der Waals surface area contributed by atoms with Crippen LogP contribution in [0.1, 0.15) is 0 Å². The van der Waals surface area contributed by atoms with Crippen LogP contribution < -0.4 is 4.90 Å². The summed E-state index contributed by atoms with van der Waals surface area (Å²) in [7, 11) is 0. The van der Waals surface area contributed by atoms with E-state index >= 15 is 0 Å². The largest absolute Gasteiger partial charge is 0.456 e. The van der Waals surface area contributed by atoms with Crippen LogP contribution in [-0.4, -0.2) is 4.98 Å². The molecule has 4 heteroatoms. The van der Waals surface area contributed by atoms with Crippen molar-refractivity contribution in [3.8, 4) is 33.5 Å². The lowest BCUT2D eigenvalue weighted by molar-refractivity contribution is 0.669. The van der Waals surface area contributed by atoms with E-state index in [2.05, 4.69) is 155 Å². The van der Waals surface area contributed by atoms with Crippen LogP contribution in [0.3, 0.4) is 0 Å². The summed E-state index contributed by atoms with van der Waals surface area (Å²) in [5, 5.41) is 4.79. The van der Waals surface area contributed by atoms with Crippen molar-refractivity contribution in [2.75, 3.05) is 4.90 Å². The average molecular weight is 671 g/mol. The van der Waals surface area contributed by atoms with E-state index < -0.39 is 0 Å². The van der Waals surface area contributed by atoms with Gasteiger partial charge in [-0.15, -0.1) is 11.3 Å². The topological polar surface area (TPSA) is 29.3 Å². The number of fused-ring (bicyclic) bond motifs is 6. The van der Waals surface area contributed by atoms with Gasteiger partial charge in [-0.1, -0.05) is 91.0 Å².